The van der Waals surface area contributed by atoms with Gasteiger partial charge in [0.15, 0.2) is 5.82 Å². The van der Waals surface area contributed by atoms with Crippen LogP contribution in [0.25, 0.3) is 38.9 Å². The van der Waals surface area contributed by atoms with Crippen molar-refractivity contribution in [3.05, 3.63) is 89.2 Å². The number of aromatic nitrogens is 3. The SMILES string of the molecule is Cc1cc(C)nc(-c2ccc(C#N)c(-n3c4ccccc4c4ccc(C(C)(C)C)cc43)c2)n1. The van der Waals surface area contributed by atoms with Crippen molar-refractivity contribution in [3.63, 3.8) is 0 Å². The lowest BCUT2D eigenvalue weighted by Gasteiger charge is -2.20. The summed E-state index contributed by atoms with van der Waals surface area (Å²) in [6, 6.07) is 25.3. The van der Waals surface area contributed by atoms with Gasteiger partial charge in [-0.1, -0.05) is 51.1 Å². The van der Waals surface area contributed by atoms with Gasteiger partial charge < -0.3 is 4.57 Å². The molecule has 0 saturated carbocycles. The topological polar surface area (TPSA) is 54.5 Å². The van der Waals surface area contributed by atoms with Crippen molar-refractivity contribution in [2.24, 2.45) is 0 Å². The van der Waals surface area contributed by atoms with Gasteiger partial charge in [-0.15, -0.1) is 0 Å². The molecule has 0 saturated heterocycles. The van der Waals surface area contributed by atoms with Crippen LogP contribution >= 0.6 is 0 Å². The van der Waals surface area contributed by atoms with E-state index in [2.05, 4.69) is 77.8 Å². The molecule has 4 heteroatoms. The zero-order valence-corrected chi connectivity index (χ0v) is 19.6. The predicted octanol–water partition coefficient (Wildman–Crippen LogP) is 7.03. The Labute approximate surface area is 194 Å². The Bertz CT molecular complexity index is 1560. The van der Waals surface area contributed by atoms with Gasteiger partial charge in [0.1, 0.15) is 6.07 Å². The summed E-state index contributed by atoms with van der Waals surface area (Å²) < 4.78 is 2.21. The Morgan fingerprint density at radius 2 is 1.48 bits per heavy atom. The van der Waals surface area contributed by atoms with Crippen LogP contribution in [0.3, 0.4) is 0 Å². The first-order valence-corrected chi connectivity index (χ1v) is 11.2. The second-order valence-electron chi connectivity index (χ2n) is 9.65. The first kappa shape index (κ1) is 20.9. The molecule has 2 heterocycles. The summed E-state index contributed by atoms with van der Waals surface area (Å²) in [5.41, 5.74) is 7.65. The van der Waals surface area contributed by atoms with E-state index in [0.717, 1.165) is 33.7 Å². The fourth-order valence-corrected chi connectivity index (χ4v) is 4.50. The van der Waals surface area contributed by atoms with Gasteiger partial charge in [-0.2, -0.15) is 5.26 Å². The molecule has 0 atom stereocenters. The number of benzene rings is 3. The third-order valence-corrected chi connectivity index (χ3v) is 6.14. The molecule has 0 fully saturated rings. The molecule has 0 amide bonds. The van der Waals surface area contributed by atoms with Crippen LogP contribution in [0.1, 0.15) is 43.3 Å². The monoisotopic (exact) mass is 430 g/mol. The summed E-state index contributed by atoms with van der Waals surface area (Å²) >= 11 is 0. The first-order chi connectivity index (χ1) is 15.8. The van der Waals surface area contributed by atoms with Gasteiger partial charge >= 0.3 is 0 Å². The van der Waals surface area contributed by atoms with Gasteiger partial charge in [-0.3, -0.25) is 0 Å². The van der Waals surface area contributed by atoms with Crippen molar-refractivity contribution < 1.29 is 0 Å². The van der Waals surface area contributed by atoms with Gasteiger partial charge in [0.25, 0.3) is 0 Å². The first-order valence-electron chi connectivity index (χ1n) is 11.2. The average molecular weight is 431 g/mol. The number of para-hydroxylation sites is 1. The number of rotatable bonds is 2. The molecule has 5 rings (SSSR count). The van der Waals surface area contributed by atoms with Crippen molar-refractivity contribution in [1.29, 1.82) is 5.26 Å². The van der Waals surface area contributed by atoms with Gasteiger partial charge in [-0.25, -0.2) is 9.97 Å². The maximum Gasteiger partial charge on any atom is 0.159 e. The van der Waals surface area contributed by atoms with Crippen LogP contribution in [0.4, 0.5) is 0 Å². The number of fused-ring (bicyclic) bond motifs is 3. The van der Waals surface area contributed by atoms with E-state index in [0.29, 0.717) is 11.4 Å². The van der Waals surface area contributed by atoms with Crippen molar-refractivity contribution >= 4 is 21.8 Å². The Morgan fingerprint density at radius 3 is 2.18 bits per heavy atom. The molecule has 3 aromatic carbocycles. The number of hydrogen-bond acceptors (Lipinski definition) is 3. The molecule has 0 radical (unpaired) electrons. The number of nitrogens with zero attached hydrogens (tertiary/aromatic N) is 4. The number of hydrogen-bond donors (Lipinski definition) is 0. The van der Waals surface area contributed by atoms with E-state index in [9.17, 15) is 5.26 Å². The highest BCUT2D eigenvalue weighted by Crippen LogP contribution is 2.36. The van der Waals surface area contributed by atoms with Crippen LogP contribution in [0, 0.1) is 25.2 Å². The zero-order chi connectivity index (χ0) is 23.3. The zero-order valence-electron chi connectivity index (χ0n) is 19.6. The maximum absolute atomic E-state index is 10.0. The fraction of sp³-hybridized carbons (Fsp3) is 0.207. The second kappa shape index (κ2) is 7.56. The lowest BCUT2D eigenvalue weighted by Crippen LogP contribution is -2.11. The molecule has 0 spiro atoms. The maximum atomic E-state index is 10.0. The van der Waals surface area contributed by atoms with E-state index in [1.165, 1.54) is 16.3 Å². The summed E-state index contributed by atoms with van der Waals surface area (Å²) in [7, 11) is 0. The number of nitriles is 1. The molecular formula is C29H26N4. The number of aryl methyl sites for hydroxylation is 2. The van der Waals surface area contributed by atoms with Crippen LogP contribution in [0.15, 0.2) is 66.7 Å². The van der Waals surface area contributed by atoms with E-state index >= 15 is 0 Å². The van der Waals surface area contributed by atoms with E-state index in [1.54, 1.807) is 0 Å². The van der Waals surface area contributed by atoms with E-state index in [-0.39, 0.29) is 5.41 Å². The summed E-state index contributed by atoms with van der Waals surface area (Å²) in [6.07, 6.45) is 0. The van der Waals surface area contributed by atoms with Crippen LogP contribution < -0.4 is 0 Å². The molecule has 0 aliphatic rings. The quantitative estimate of drug-likeness (QED) is 0.302. The molecule has 0 unspecified atom stereocenters. The summed E-state index contributed by atoms with van der Waals surface area (Å²) in [5.74, 6) is 0.675. The lowest BCUT2D eigenvalue weighted by atomic mass is 9.86. The van der Waals surface area contributed by atoms with Crippen molar-refractivity contribution in [2.45, 2.75) is 40.0 Å². The molecule has 4 nitrogen and oxygen atoms in total. The van der Waals surface area contributed by atoms with Gasteiger partial charge in [0.05, 0.1) is 22.3 Å². The highest BCUT2D eigenvalue weighted by molar-refractivity contribution is 6.09. The smallest absolute Gasteiger partial charge is 0.159 e. The van der Waals surface area contributed by atoms with Crippen molar-refractivity contribution in [1.82, 2.24) is 14.5 Å². The Morgan fingerprint density at radius 1 is 0.788 bits per heavy atom. The molecule has 5 aromatic rings. The normalized spacial score (nSPS) is 11.8. The minimum absolute atomic E-state index is 0.0162. The van der Waals surface area contributed by atoms with Gasteiger partial charge in [0, 0.05) is 27.7 Å². The Hall–Kier alpha value is -3.97. The predicted molar refractivity (Wildman–Crippen MR) is 135 cm³/mol. The van der Waals surface area contributed by atoms with Gasteiger partial charge in [-0.05, 0) is 61.2 Å². The Kier molecular flexibility index (Phi) is 4.79. The minimum Gasteiger partial charge on any atom is -0.308 e. The fourth-order valence-electron chi connectivity index (χ4n) is 4.50. The highest BCUT2D eigenvalue weighted by Gasteiger charge is 2.20. The summed E-state index contributed by atoms with van der Waals surface area (Å²) in [6.45, 7) is 10.6. The second-order valence-corrected chi connectivity index (χ2v) is 9.65. The Balaban J connectivity index is 1.87. The summed E-state index contributed by atoms with van der Waals surface area (Å²) in [5, 5.41) is 12.3. The van der Waals surface area contributed by atoms with E-state index < -0.39 is 0 Å². The molecule has 0 aliphatic heterocycles. The standard InChI is InChI=1S/C29H26N4/c1-18-14-19(2)32-28(31-18)20-10-11-21(17-30)26(15-20)33-25-9-7-6-8-23(25)24-13-12-22(16-27(24)33)29(3,4)5/h6-16H,1-5H3. The molecular weight excluding hydrogens is 404 g/mol. The molecule has 2 aromatic heterocycles. The molecule has 0 bridgehead atoms. The third kappa shape index (κ3) is 3.56. The average Bonchev–Trinajstić information content (AvgIpc) is 3.11. The van der Waals surface area contributed by atoms with E-state index in [4.69, 9.17) is 0 Å². The molecule has 162 valence electrons. The third-order valence-electron chi connectivity index (χ3n) is 6.14. The largest absolute Gasteiger partial charge is 0.308 e. The van der Waals surface area contributed by atoms with Crippen LogP contribution in [0.5, 0.6) is 0 Å². The lowest BCUT2D eigenvalue weighted by molar-refractivity contribution is 0.591. The van der Waals surface area contributed by atoms with Crippen LogP contribution in [0.2, 0.25) is 0 Å². The minimum atomic E-state index is 0.0162. The molecule has 0 aliphatic carbocycles. The van der Waals surface area contributed by atoms with Crippen molar-refractivity contribution in [2.75, 3.05) is 0 Å². The van der Waals surface area contributed by atoms with E-state index in [1.807, 2.05) is 44.2 Å². The molecule has 0 N–H and O–H groups in total. The van der Waals surface area contributed by atoms with Crippen LogP contribution in [-0.4, -0.2) is 14.5 Å². The highest BCUT2D eigenvalue weighted by atomic mass is 15.0. The van der Waals surface area contributed by atoms with Gasteiger partial charge in [0.2, 0.25) is 0 Å². The van der Waals surface area contributed by atoms with Crippen LogP contribution in [-0.2, 0) is 5.41 Å². The summed E-state index contributed by atoms with van der Waals surface area (Å²) in [4.78, 5) is 9.30. The van der Waals surface area contributed by atoms with Crippen molar-refractivity contribution in [3.8, 4) is 23.1 Å². The molecule has 33 heavy (non-hydrogen) atoms.